The lowest BCUT2D eigenvalue weighted by Crippen LogP contribution is -2.32. The first-order valence-corrected chi connectivity index (χ1v) is 9.73. The van der Waals surface area contributed by atoms with E-state index >= 15 is 0 Å². The highest BCUT2D eigenvalue weighted by molar-refractivity contribution is 5.76. The summed E-state index contributed by atoms with van der Waals surface area (Å²) in [5.74, 6) is 0.852. The molecular weight excluding hydrogens is 352 g/mol. The van der Waals surface area contributed by atoms with Crippen LogP contribution in [0.3, 0.4) is 0 Å². The van der Waals surface area contributed by atoms with Gasteiger partial charge in [0.1, 0.15) is 5.75 Å². The first-order valence-electron chi connectivity index (χ1n) is 9.73. The molecule has 6 heteroatoms. The molecule has 1 aromatic carbocycles. The van der Waals surface area contributed by atoms with Crippen molar-refractivity contribution < 1.29 is 9.53 Å². The van der Waals surface area contributed by atoms with Gasteiger partial charge in [0.2, 0.25) is 5.91 Å². The summed E-state index contributed by atoms with van der Waals surface area (Å²) in [5.41, 5.74) is 5.57. The summed E-state index contributed by atoms with van der Waals surface area (Å²) in [4.78, 5) is 16.9. The van der Waals surface area contributed by atoms with Crippen molar-refractivity contribution in [3.8, 4) is 17.0 Å². The number of benzene rings is 1. The van der Waals surface area contributed by atoms with Crippen LogP contribution in [0.25, 0.3) is 16.9 Å². The molecule has 0 aliphatic heterocycles. The smallest absolute Gasteiger partial charge is 0.220 e. The van der Waals surface area contributed by atoms with E-state index < -0.39 is 0 Å². The summed E-state index contributed by atoms with van der Waals surface area (Å²) in [5, 5.41) is 7.77. The first-order chi connectivity index (χ1) is 13.4. The fourth-order valence-electron chi connectivity index (χ4n) is 3.36. The van der Waals surface area contributed by atoms with E-state index in [-0.39, 0.29) is 11.9 Å². The zero-order chi connectivity index (χ0) is 20.3. The second kappa shape index (κ2) is 8.42. The molecular formula is C22H28N4O2. The zero-order valence-electron chi connectivity index (χ0n) is 17.2. The van der Waals surface area contributed by atoms with Gasteiger partial charge in [-0.25, -0.2) is 9.50 Å². The normalized spacial score (nSPS) is 12.2. The maximum Gasteiger partial charge on any atom is 0.220 e. The highest BCUT2D eigenvalue weighted by atomic mass is 16.5. The predicted molar refractivity (Wildman–Crippen MR) is 111 cm³/mol. The Morgan fingerprint density at radius 2 is 2.04 bits per heavy atom. The second-order valence-corrected chi connectivity index (χ2v) is 7.14. The number of hydrogen-bond donors (Lipinski definition) is 1. The fourth-order valence-corrected chi connectivity index (χ4v) is 3.36. The number of amides is 1. The Kier molecular flexibility index (Phi) is 5.97. The minimum Gasteiger partial charge on any atom is -0.496 e. The largest absolute Gasteiger partial charge is 0.496 e. The molecule has 0 aliphatic rings. The van der Waals surface area contributed by atoms with Crippen molar-refractivity contribution in [1.82, 2.24) is 19.9 Å². The number of carbonyl (C=O) groups excluding carboxylic acids is 1. The number of hydrogen-bond acceptors (Lipinski definition) is 4. The lowest BCUT2D eigenvalue weighted by molar-refractivity contribution is -0.121. The quantitative estimate of drug-likeness (QED) is 0.676. The summed E-state index contributed by atoms with van der Waals surface area (Å²) in [6, 6.07) is 9.99. The molecule has 2 heterocycles. The summed E-state index contributed by atoms with van der Waals surface area (Å²) in [7, 11) is 1.66. The van der Waals surface area contributed by atoms with Crippen molar-refractivity contribution in [3.05, 3.63) is 47.3 Å². The van der Waals surface area contributed by atoms with Crippen LogP contribution in [0.15, 0.2) is 30.3 Å². The minimum absolute atomic E-state index is 0.0726. The molecule has 0 saturated carbocycles. The predicted octanol–water partition coefficient (Wildman–Crippen LogP) is 3.87. The number of para-hydroxylation sites is 1. The summed E-state index contributed by atoms with van der Waals surface area (Å²) in [6.07, 6.45) is 2.02. The Morgan fingerprint density at radius 3 is 2.75 bits per heavy atom. The Labute approximate surface area is 165 Å². The third-order valence-electron chi connectivity index (χ3n) is 5.17. The van der Waals surface area contributed by atoms with Crippen molar-refractivity contribution >= 4 is 11.6 Å². The minimum atomic E-state index is 0.0726. The number of nitrogens with zero attached hydrogens (tertiary/aromatic N) is 3. The van der Waals surface area contributed by atoms with Gasteiger partial charge in [-0.05, 0) is 51.3 Å². The van der Waals surface area contributed by atoms with Crippen molar-refractivity contribution in [2.45, 2.75) is 53.0 Å². The molecule has 0 bridgehead atoms. The molecule has 1 amide bonds. The van der Waals surface area contributed by atoms with Gasteiger partial charge in [0.25, 0.3) is 0 Å². The molecule has 2 aromatic heterocycles. The van der Waals surface area contributed by atoms with Gasteiger partial charge in [-0.3, -0.25) is 4.79 Å². The van der Waals surface area contributed by atoms with Gasteiger partial charge in [0, 0.05) is 35.5 Å². The van der Waals surface area contributed by atoms with E-state index in [1.165, 1.54) is 0 Å². The van der Waals surface area contributed by atoms with Gasteiger partial charge in [0.05, 0.1) is 12.8 Å². The number of ether oxygens (including phenoxy) is 1. The van der Waals surface area contributed by atoms with Crippen LogP contribution in [0.2, 0.25) is 0 Å². The van der Waals surface area contributed by atoms with E-state index in [4.69, 9.17) is 14.8 Å². The van der Waals surface area contributed by atoms with Crippen LogP contribution in [0.4, 0.5) is 0 Å². The van der Waals surface area contributed by atoms with Crippen molar-refractivity contribution in [3.63, 3.8) is 0 Å². The van der Waals surface area contributed by atoms with E-state index in [1.54, 1.807) is 7.11 Å². The van der Waals surface area contributed by atoms with Crippen LogP contribution in [-0.4, -0.2) is 33.7 Å². The molecule has 3 aromatic rings. The summed E-state index contributed by atoms with van der Waals surface area (Å²) in [6.45, 7) is 8.10. The van der Waals surface area contributed by atoms with Crippen LogP contribution in [0.5, 0.6) is 5.75 Å². The number of nitrogens with one attached hydrogen (secondary N) is 1. The number of fused-ring (bicyclic) bond motifs is 1. The molecule has 0 radical (unpaired) electrons. The van der Waals surface area contributed by atoms with Crippen LogP contribution in [0, 0.1) is 13.8 Å². The van der Waals surface area contributed by atoms with Crippen LogP contribution in [0.1, 0.15) is 43.6 Å². The SMILES string of the molecule is CCC(C)NC(=O)CCc1c(C)nc2cc(-c3ccccc3OC)nn2c1C. The average Bonchev–Trinajstić information content (AvgIpc) is 3.11. The standard InChI is InChI=1S/C22H28N4O2/c1-6-14(2)23-22(27)12-11-17-15(3)24-21-13-19(25-26(21)16(17)4)18-9-7-8-10-20(18)28-5/h7-10,13-14H,6,11-12H2,1-5H3,(H,23,27). The molecule has 1 unspecified atom stereocenters. The van der Waals surface area contributed by atoms with Crippen molar-refractivity contribution in [2.24, 2.45) is 0 Å². The fraction of sp³-hybridized carbons (Fsp3) is 0.409. The molecule has 1 N–H and O–H groups in total. The Bertz CT molecular complexity index is 994. The molecule has 28 heavy (non-hydrogen) atoms. The van der Waals surface area contributed by atoms with E-state index in [0.29, 0.717) is 12.8 Å². The molecule has 3 rings (SSSR count). The van der Waals surface area contributed by atoms with Crippen molar-refractivity contribution in [2.75, 3.05) is 7.11 Å². The Hall–Kier alpha value is -2.89. The first kappa shape index (κ1) is 19.9. The maximum absolute atomic E-state index is 12.2. The summed E-state index contributed by atoms with van der Waals surface area (Å²) >= 11 is 0. The molecule has 0 fully saturated rings. The highest BCUT2D eigenvalue weighted by Crippen LogP contribution is 2.29. The van der Waals surface area contributed by atoms with Crippen molar-refractivity contribution in [1.29, 1.82) is 0 Å². The Balaban J connectivity index is 1.91. The zero-order valence-corrected chi connectivity index (χ0v) is 17.2. The number of aromatic nitrogens is 3. The van der Waals surface area contributed by atoms with E-state index in [0.717, 1.165) is 46.0 Å². The monoisotopic (exact) mass is 380 g/mol. The number of methoxy groups -OCH3 is 1. The number of rotatable bonds is 7. The topological polar surface area (TPSA) is 68.5 Å². The maximum atomic E-state index is 12.2. The highest BCUT2D eigenvalue weighted by Gasteiger charge is 2.16. The third-order valence-corrected chi connectivity index (χ3v) is 5.17. The van der Waals surface area contributed by atoms with E-state index in [9.17, 15) is 4.79 Å². The third kappa shape index (κ3) is 4.01. The van der Waals surface area contributed by atoms with Crippen LogP contribution in [-0.2, 0) is 11.2 Å². The molecule has 0 spiro atoms. The molecule has 6 nitrogen and oxygen atoms in total. The molecule has 148 valence electrons. The lowest BCUT2D eigenvalue weighted by Gasteiger charge is -2.13. The van der Waals surface area contributed by atoms with Gasteiger partial charge in [0.15, 0.2) is 5.65 Å². The van der Waals surface area contributed by atoms with E-state index in [2.05, 4.69) is 12.2 Å². The number of carbonyl (C=O) groups is 1. The lowest BCUT2D eigenvalue weighted by atomic mass is 10.1. The second-order valence-electron chi connectivity index (χ2n) is 7.14. The van der Waals surface area contributed by atoms with Gasteiger partial charge < -0.3 is 10.1 Å². The van der Waals surface area contributed by atoms with Gasteiger partial charge in [-0.2, -0.15) is 5.10 Å². The van der Waals surface area contributed by atoms with Crippen LogP contribution >= 0.6 is 0 Å². The van der Waals surface area contributed by atoms with Crippen LogP contribution < -0.4 is 10.1 Å². The van der Waals surface area contributed by atoms with Gasteiger partial charge in [-0.1, -0.05) is 19.1 Å². The molecule has 0 aliphatic carbocycles. The molecule has 1 atom stereocenters. The summed E-state index contributed by atoms with van der Waals surface area (Å²) < 4.78 is 7.32. The number of aryl methyl sites for hydroxylation is 2. The molecule has 0 saturated heterocycles. The average molecular weight is 380 g/mol. The van der Waals surface area contributed by atoms with E-state index in [1.807, 2.05) is 55.6 Å². The Morgan fingerprint density at radius 1 is 1.29 bits per heavy atom. The van der Waals surface area contributed by atoms with Gasteiger partial charge in [-0.15, -0.1) is 0 Å². The van der Waals surface area contributed by atoms with Gasteiger partial charge >= 0.3 is 0 Å².